The number of hydrogen-bond donors (Lipinski definition) is 0. The van der Waals surface area contributed by atoms with Gasteiger partial charge in [-0.3, -0.25) is 0 Å². The van der Waals surface area contributed by atoms with Gasteiger partial charge in [-0.2, -0.15) is 0 Å². The fraction of sp³-hybridized carbons (Fsp3) is 0.250. The molecule has 0 radical (unpaired) electrons. The van der Waals surface area contributed by atoms with E-state index in [1.807, 2.05) is 13.8 Å². The molecule has 0 saturated carbocycles. The molecule has 268 valence electrons. The van der Waals surface area contributed by atoms with Gasteiger partial charge in [-0.1, -0.05) is 60.6 Å². The number of fused-ring (bicyclic) bond motifs is 2. The molecule has 2 aliphatic rings. The second-order valence-corrected chi connectivity index (χ2v) is 21.6. The number of aryl methyl sites for hydroxylation is 8. The minimum absolute atomic E-state index is 0.150. The summed E-state index contributed by atoms with van der Waals surface area (Å²) < 4.78 is 13.0. The van der Waals surface area contributed by atoms with Crippen molar-refractivity contribution in [3.63, 3.8) is 0 Å². The molecule has 0 aliphatic heterocycles. The summed E-state index contributed by atoms with van der Waals surface area (Å²) >= 11 is 13.4. The third-order valence-electron chi connectivity index (χ3n) is 11.8. The van der Waals surface area contributed by atoms with E-state index in [0.29, 0.717) is 0 Å². The van der Waals surface area contributed by atoms with Gasteiger partial charge in [0.15, 0.2) is 0 Å². The molecule has 2 atom stereocenters. The summed E-state index contributed by atoms with van der Waals surface area (Å²) in [4.78, 5) is 0. The first kappa shape index (κ1) is 35.7. The second-order valence-electron chi connectivity index (χ2n) is 16.1. The van der Waals surface area contributed by atoms with Crippen molar-refractivity contribution >= 4 is 54.6 Å². The van der Waals surface area contributed by atoms with Crippen LogP contribution in [0.1, 0.15) is 89.8 Å². The van der Waals surface area contributed by atoms with Crippen molar-refractivity contribution in [3.05, 3.63) is 162 Å². The minimum atomic E-state index is -2.46. The van der Waals surface area contributed by atoms with Crippen molar-refractivity contribution in [2.75, 3.05) is 0 Å². The molecule has 8 rings (SSSR count). The quantitative estimate of drug-likeness (QED) is 0.158. The summed E-state index contributed by atoms with van der Waals surface area (Å²) in [5.74, 6) is 3.74. The van der Waals surface area contributed by atoms with Crippen LogP contribution in [0.3, 0.4) is 0 Å². The highest BCUT2D eigenvalue weighted by atomic mass is 35.5. The van der Waals surface area contributed by atoms with Gasteiger partial charge in [-0.25, -0.2) is 0 Å². The first-order valence-corrected chi connectivity index (χ1v) is 22.4. The Morgan fingerprint density at radius 3 is 1.15 bits per heavy atom. The van der Waals surface area contributed by atoms with E-state index in [2.05, 4.69) is 140 Å². The van der Waals surface area contributed by atoms with Crippen molar-refractivity contribution in [1.29, 1.82) is 0 Å². The van der Waals surface area contributed by atoms with Crippen LogP contribution in [0.2, 0.25) is 23.1 Å². The molecule has 0 N–H and O–H groups in total. The predicted molar refractivity (Wildman–Crippen MR) is 228 cm³/mol. The van der Waals surface area contributed by atoms with Crippen LogP contribution in [0.5, 0.6) is 0 Å². The predicted octanol–water partition coefficient (Wildman–Crippen LogP) is 14.7. The van der Waals surface area contributed by atoms with Crippen LogP contribution in [0, 0.1) is 55.4 Å². The van der Waals surface area contributed by atoms with E-state index in [9.17, 15) is 0 Å². The number of rotatable bonds is 6. The van der Waals surface area contributed by atoms with Gasteiger partial charge >= 0.3 is 0 Å². The zero-order valence-corrected chi connectivity index (χ0v) is 34.8. The monoisotopic (exact) mass is 752 g/mol. The molecule has 6 aromatic rings. The third kappa shape index (κ3) is 5.75. The van der Waals surface area contributed by atoms with Gasteiger partial charge in [0.1, 0.15) is 23.0 Å². The van der Waals surface area contributed by atoms with E-state index in [1.165, 1.54) is 66.8 Å². The molecule has 0 saturated heterocycles. The summed E-state index contributed by atoms with van der Waals surface area (Å²) in [5, 5.41) is 1.66. The highest BCUT2D eigenvalue weighted by Crippen LogP contribution is 2.59. The highest BCUT2D eigenvalue weighted by molar-refractivity contribution is 6.84. The lowest BCUT2D eigenvalue weighted by Gasteiger charge is -2.39. The Bertz CT molecular complexity index is 2340. The number of allylic oxidation sites excluding steroid dienone is 2. The Morgan fingerprint density at radius 2 is 0.830 bits per heavy atom. The van der Waals surface area contributed by atoms with Crippen LogP contribution in [0.25, 0.3) is 45.6 Å². The Labute approximate surface area is 325 Å². The van der Waals surface area contributed by atoms with Gasteiger partial charge in [0.2, 0.25) is 0 Å². The molecular weight excluding hydrogens is 708 g/mol. The normalized spacial score (nSPS) is 16.5. The van der Waals surface area contributed by atoms with Gasteiger partial charge in [0.25, 0.3) is 0 Å². The molecule has 2 nitrogen and oxygen atoms in total. The summed E-state index contributed by atoms with van der Waals surface area (Å²) in [6.45, 7) is 22.1. The topological polar surface area (TPSA) is 26.3 Å². The van der Waals surface area contributed by atoms with Gasteiger partial charge in [0.05, 0.1) is 8.07 Å². The second kappa shape index (κ2) is 12.9. The lowest BCUT2D eigenvalue weighted by Crippen LogP contribution is -2.42. The maximum absolute atomic E-state index is 6.71. The first-order valence-electron chi connectivity index (χ1n) is 18.5. The van der Waals surface area contributed by atoms with Crippen molar-refractivity contribution in [3.8, 4) is 22.3 Å². The Morgan fingerprint density at radius 1 is 0.472 bits per heavy atom. The average Bonchev–Trinajstić information content (AvgIpc) is 3.90. The first-order chi connectivity index (χ1) is 25.1. The standard InChI is InChI=1S/C48H46Cl2O2Si/c1-25-11-15-35-37(43(25)33-19-27(3)45(49)28(4)20-33)23-39(41-17-13-31(7)51-41)47(35)53(9,10)48-36-16-12-26(2)44(34-21-29(5)46(50)30(6)22-34)38(36)24-40(48)42-18-14-32(8)52-42/h11-24,47-48H,1-10H3. The molecule has 0 spiro atoms. The summed E-state index contributed by atoms with van der Waals surface area (Å²) in [5.41, 5.74) is 20.0. The molecule has 0 bridgehead atoms. The van der Waals surface area contributed by atoms with E-state index < -0.39 is 8.07 Å². The number of hydrogen-bond acceptors (Lipinski definition) is 2. The van der Waals surface area contributed by atoms with E-state index >= 15 is 0 Å². The molecule has 0 amide bonds. The van der Waals surface area contributed by atoms with Crippen LogP contribution in [0.15, 0.2) is 81.6 Å². The summed E-state index contributed by atoms with van der Waals surface area (Å²) in [6.07, 6.45) is 4.87. The fourth-order valence-electron chi connectivity index (χ4n) is 9.44. The molecule has 2 aromatic heterocycles. The van der Waals surface area contributed by atoms with E-state index in [0.717, 1.165) is 55.3 Å². The molecule has 5 heteroatoms. The fourth-order valence-corrected chi connectivity index (χ4v) is 14.2. The number of halogens is 2. The van der Waals surface area contributed by atoms with Gasteiger partial charge < -0.3 is 8.83 Å². The van der Waals surface area contributed by atoms with E-state index in [-0.39, 0.29) is 11.1 Å². The summed E-state index contributed by atoms with van der Waals surface area (Å²) in [6, 6.07) is 26.9. The van der Waals surface area contributed by atoms with Gasteiger partial charge in [-0.05, 0) is 194 Å². The minimum Gasteiger partial charge on any atom is -0.462 e. The highest BCUT2D eigenvalue weighted by Gasteiger charge is 2.50. The zero-order valence-electron chi connectivity index (χ0n) is 32.3. The third-order valence-corrected chi connectivity index (χ3v) is 17.2. The van der Waals surface area contributed by atoms with Crippen LogP contribution in [-0.2, 0) is 0 Å². The molecule has 0 fully saturated rings. The Balaban J connectivity index is 1.38. The Kier molecular flexibility index (Phi) is 8.72. The summed E-state index contributed by atoms with van der Waals surface area (Å²) in [7, 11) is -2.46. The average molecular weight is 754 g/mol. The van der Waals surface area contributed by atoms with Crippen LogP contribution in [-0.4, -0.2) is 8.07 Å². The molecule has 53 heavy (non-hydrogen) atoms. The van der Waals surface area contributed by atoms with Crippen LogP contribution >= 0.6 is 23.2 Å². The van der Waals surface area contributed by atoms with Gasteiger partial charge in [-0.15, -0.1) is 0 Å². The van der Waals surface area contributed by atoms with Crippen molar-refractivity contribution in [1.82, 2.24) is 0 Å². The number of benzene rings is 4. The Hall–Kier alpha value is -4.28. The van der Waals surface area contributed by atoms with E-state index in [1.54, 1.807) is 0 Å². The smallest absolute Gasteiger partial charge is 0.130 e. The molecular formula is C48H46Cl2O2Si. The van der Waals surface area contributed by atoms with Crippen LogP contribution in [0.4, 0.5) is 0 Å². The molecule has 2 heterocycles. The van der Waals surface area contributed by atoms with Crippen molar-refractivity contribution in [2.24, 2.45) is 0 Å². The maximum atomic E-state index is 6.71. The largest absolute Gasteiger partial charge is 0.462 e. The van der Waals surface area contributed by atoms with Gasteiger partial charge in [0, 0.05) is 32.3 Å². The van der Waals surface area contributed by atoms with Crippen LogP contribution < -0.4 is 0 Å². The lowest BCUT2D eigenvalue weighted by molar-refractivity contribution is 0.519. The van der Waals surface area contributed by atoms with E-state index in [4.69, 9.17) is 32.0 Å². The molecule has 2 unspecified atom stereocenters. The van der Waals surface area contributed by atoms with Crippen molar-refractivity contribution in [2.45, 2.75) is 79.6 Å². The zero-order chi connectivity index (χ0) is 37.7. The van der Waals surface area contributed by atoms with Crippen molar-refractivity contribution < 1.29 is 8.83 Å². The molecule has 2 aliphatic carbocycles. The SMILES string of the molecule is Cc1ccc(C2=Cc3c(ccc(C)c3-c3cc(C)c(Cl)c(C)c3)C2[Si](C)(C)C2C(c3ccc(C)o3)=Cc3c2ccc(C)c3-c2cc(C)c(Cl)c(C)c2)o1. The lowest BCUT2D eigenvalue weighted by atomic mass is 9.91. The number of furan rings is 2. The maximum Gasteiger partial charge on any atom is 0.130 e. The molecule has 4 aromatic carbocycles.